The van der Waals surface area contributed by atoms with Gasteiger partial charge < -0.3 is 9.80 Å². The summed E-state index contributed by atoms with van der Waals surface area (Å²) in [6, 6.07) is 1.47. The topological polar surface area (TPSA) is 41.4 Å². The van der Waals surface area contributed by atoms with Crippen LogP contribution in [0.2, 0.25) is 0 Å². The van der Waals surface area contributed by atoms with Crippen LogP contribution in [0.25, 0.3) is 0 Å². The van der Waals surface area contributed by atoms with Crippen molar-refractivity contribution in [2.75, 3.05) is 20.1 Å². The van der Waals surface area contributed by atoms with Crippen molar-refractivity contribution in [1.29, 1.82) is 0 Å². The fourth-order valence-corrected chi connectivity index (χ4v) is 4.65. The summed E-state index contributed by atoms with van der Waals surface area (Å²) in [6.45, 7) is 2.07. The van der Waals surface area contributed by atoms with Gasteiger partial charge in [-0.3, -0.25) is 9.48 Å². The van der Waals surface area contributed by atoms with Gasteiger partial charge in [-0.1, -0.05) is 12.8 Å². The number of rotatable bonds is 2. The van der Waals surface area contributed by atoms with E-state index in [1.807, 2.05) is 10.9 Å². The third-order valence-electron chi connectivity index (χ3n) is 5.90. The average molecular weight is 302 g/mol. The molecule has 2 atom stereocenters. The van der Waals surface area contributed by atoms with Crippen LogP contribution in [0.5, 0.6) is 0 Å². The molecule has 0 aromatic carbocycles. The summed E-state index contributed by atoms with van der Waals surface area (Å²) in [4.78, 5) is 17.4. The standard InChI is InChI=1S/C17H26N4O/c1-19-9-4-7-16-15(19)8-10-20(16)17(22)13-11-18-21(12-13)14-5-2-3-6-14/h11-12,14-16H,2-10H2,1H3. The molecule has 2 saturated heterocycles. The van der Waals surface area contributed by atoms with E-state index in [0.29, 0.717) is 18.1 Å². The lowest BCUT2D eigenvalue weighted by atomic mass is 9.97. The van der Waals surface area contributed by atoms with Crippen molar-refractivity contribution >= 4 is 5.91 Å². The lowest BCUT2D eigenvalue weighted by Crippen LogP contribution is -2.49. The molecule has 0 bridgehead atoms. The fourth-order valence-electron chi connectivity index (χ4n) is 4.65. The Bertz CT molecular complexity index is 549. The Morgan fingerprint density at radius 3 is 2.73 bits per heavy atom. The molecule has 0 spiro atoms. The van der Waals surface area contributed by atoms with Gasteiger partial charge in [0.05, 0.1) is 17.8 Å². The van der Waals surface area contributed by atoms with Crippen molar-refractivity contribution in [2.24, 2.45) is 0 Å². The maximum Gasteiger partial charge on any atom is 0.257 e. The highest BCUT2D eigenvalue weighted by Gasteiger charge is 2.41. The second kappa shape index (κ2) is 5.69. The van der Waals surface area contributed by atoms with Crippen molar-refractivity contribution in [2.45, 2.75) is 63.1 Å². The molecule has 0 radical (unpaired) electrons. The van der Waals surface area contributed by atoms with Gasteiger partial charge in [0.2, 0.25) is 0 Å². The Balaban J connectivity index is 1.49. The van der Waals surface area contributed by atoms with E-state index >= 15 is 0 Å². The third kappa shape index (κ3) is 2.35. The number of carbonyl (C=O) groups is 1. The molecule has 3 aliphatic rings. The van der Waals surface area contributed by atoms with Gasteiger partial charge in [-0.05, 0) is 45.7 Å². The lowest BCUT2D eigenvalue weighted by molar-refractivity contribution is 0.0631. The van der Waals surface area contributed by atoms with E-state index in [-0.39, 0.29) is 5.91 Å². The molecule has 2 unspecified atom stereocenters. The maximum atomic E-state index is 12.9. The Hall–Kier alpha value is -1.36. The van der Waals surface area contributed by atoms with Crippen molar-refractivity contribution in [3.05, 3.63) is 18.0 Å². The molecule has 120 valence electrons. The van der Waals surface area contributed by atoms with Crippen molar-refractivity contribution in [3.63, 3.8) is 0 Å². The van der Waals surface area contributed by atoms with Gasteiger partial charge in [-0.2, -0.15) is 5.10 Å². The normalized spacial score (nSPS) is 30.0. The Labute approximate surface area is 132 Å². The van der Waals surface area contributed by atoms with Crippen molar-refractivity contribution < 1.29 is 4.79 Å². The van der Waals surface area contributed by atoms with E-state index in [2.05, 4.69) is 21.9 Å². The zero-order chi connectivity index (χ0) is 15.1. The second-order valence-corrected chi connectivity index (χ2v) is 7.19. The minimum absolute atomic E-state index is 0.187. The van der Waals surface area contributed by atoms with E-state index in [1.165, 1.54) is 38.6 Å². The van der Waals surface area contributed by atoms with Crippen LogP contribution in [0.4, 0.5) is 0 Å². The summed E-state index contributed by atoms with van der Waals surface area (Å²) in [5.41, 5.74) is 0.778. The lowest BCUT2D eigenvalue weighted by Gasteiger charge is -2.37. The molecule has 1 aliphatic carbocycles. The molecule has 1 aromatic rings. The summed E-state index contributed by atoms with van der Waals surface area (Å²) >= 11 is 0. The number of amides is 1. The van der Waals surface area contributed by atoms with Crippen LogP contribution in [-0.2, 0) is 0 Å². The fraction of sp³-hybridized carbons (Fsp3) is 0.765. The van der Waals surface area contributed by atoms with Gasteiger partial charge in [0.1, 0.15) is 0 Å². The molecule has 3 fully saturated rings. The first kappa shape index (κ1) is 14.2. The molecule has 5 nitrogen and oxygen atoms in total. The van der Waals surface area contributed by atoms with Crippen LogP contribution in [0.3, 0.4) is 0 Å². The van der Waals surface area contributed by atoms with Crippen LogP contribution >= 0.6 is 0 Å². The molecule has 3 heterocycles. The van der Waals surface area contributed by atoms with Crippen molar-refractivity contribution in [1.82, 2.24) is 19.6 Å². The van der Waals surface area contributed by atoms with Gasteiger partial charge in [0, 0.05) is 24.8 Å². The summed E-state index contributed by atoms with van der Waals surface area (Å²) in [7, 11) is 2.20. The van der Waals surface area contributed by atoms with E-state index < -0.39 is 0 Å². The number of carbonyl (C=O) groups excluding carboxylic acids is 1. The third-order valence-corrected chi connectivity index (χ3v) is 5.90. The quantitative estimate of drug-likeness (QED) is 0.842. The number of fused-ring (bicyclic) bond motifs is 1. The van der Waals surface area contributed by atoms with E-state index in [0.717, 1.165) is 24.9 Å². The second-order valence-electron chi connectivity index (χ2n) is 7.19. The number of likely N-dealkylation sites (N-methyl/N-ethyl adjacent to an activating group) is 1. The predicted molar refractivity (Wildman–Crippen MR) is 84.8 cm³/mol. The van der Waals surface area contributed by atoms with Gasteiger partial charge in [0.15, 0.2) is 0 Å². The molecular weight excluding hydrogens is 276 g/mol. The molecule has 22 heavy (non-hydrogen) atoms. The smallest absolute Gasteiger partial charge is 0.257 e. The predicted octanol–water partition coefficient (Wildman–Crippen LogP) is 2.31. The summed E-state index contributed by atoms with van der Waals surface area (Å²) in [6.07, 6.45) is 12.2. The number of aromatic nitrogens is 2. The number of likely N-dealkylation sites (tertiary alicyclic amines) is 2. The Morgan fingerprint density at radius 2 is 1.91 bits per heavy atom. The molecule has 1 aromatic heterocycles. The molecule has 4 rings (SSSR count). The SMILES string of the molecule is CN1CCCC2C1CCN2C(=O)c1cnn(C2CCCC2)c1. The van der Waals surface area contributed by atoms with Crippen LogP contribution in [0, 0.1) is 0 Å². The first-order chi connectivity index (χ1) is 10.7. The van der Waals surface area contributed by atoms with Crippen LogP contribution in [-0.4, -0.2) is 57.7 Å². The summed E-state index contributed by atoms with van der Waals surface area (Å²) in [5, 5.41) is 4.47. The van der Waals surface area contributed by atoms with Gasteiger partial charge in [-0.25, -0.2) is 0 Å². The zero-order valence-electron chi connectivity index (χ0n) is 13.4. The van der Waals surface area contributed by atoms with Gasteiger partial charge >= 0.3 is 0 Å². The Kier molecular flexibility index (Phi) is 3.68. The molecular formula is C17H26N4O. The van der Waals surface area contributed by atoms with E-state index in [4.69, 9.17) is 0 Å². The monoisotopic (exact) mass is 302 g/mol. The largest absolute Gasteiger partial charge is 0.334 e. The van der Waals surface area contributed by atoms with Crippen LogP contribution in [0.1, 0.15) is 61.3 Å². The van der Waals surface area contributed by atoms with E-state index in [9.17, 15) is 4.79 Å². The molecule has 1 amide bonds. The highest BCUT2D eigenvalue weighted by Crippen LogP contribution is 2.32. The van der Waals surface area contributed by atoms with Crippen LogP contribution < -0.4 is 0 Å². The number of hydrogen-bond donors (Lipinski definition) is 0. The molecule has 1 saturated carbocycles. The maximum absolute atomic E-state index is 12.9. The minimum Gasteiger partial charge on any atom is -0.334 e. The average Bonchev–Trinajstić information content (AvgIpc) is 3.26. The van der Waals surface area contributed by atoms with Gasteiger partial charge in [-0.15, -0.1) is 0 Å². The van der Waals surface area contributed by atoms with Crippen LogP contribution in [0.15, 0.2) is 12.4 Å². The van der Waals surface area contributed by atoms with E-state index in [1.54, 1.807) is 6.20 Å². The number of nitrogens with zero attached hydrogens (tertiary/aromatic N) is 4. The first-order valence-electron chi connectivity index (χ1n) is 8.79. The first-order valence-corrected chi connectivity index (χ1v) is 8.79. The van der Waals surface area contributed by atoms with Gasteiger partial charge in [0.25, 0.3) is 5.91 Å². The summed E-state index contributed by atoms with van der Waals surface area (Å²) in [5.74, 6) is 0.187. The number of piperidine rings is 1. The highest BCUT2D eigenvalue weighted by atomic mass is 16.2. The molecule has 2 aliphatic heterocycles. The molecule has 5 heteroatoms. The number of hydrogen-bond acceptors (Lipinski definition) is 3. The minimum atomic E-state index is 0.187. The highest BCUT2D eigenvalue weighted by molar-refractivity contribution is 5.94. The zero-order valence-corrected chi connectivity index (χ0v) is 13.4. The molecule has 0 N–H and O–H groups in total. The Morgan fingerprint density at radius 1 is 1.09 bits per heavy atom. The van der Waals surface area contributed by atoms with Crippen molar-refractivity contribution in [3.8, 4) is 0 Å². The summed E-state index contributed by atoms with van der Waals surface area (Å²) < 4.78 is 2.03.